The Bertz CT molecular complexity index is 409. The summed E-state index contributed by atoms with van der Waals surface area (Å²) in [5.74, 6) is 0. The van der Waals surface area contributed by atoms with Gasteiger partial charge in [-0.3, -0.25) is 0 Å². The molecule has 2 heteroatoms. The van der Waals surface area contributed by atoms with Gasteiger partial charge in [0.2, 0.25) is 0 Å². The minimum absolute atomic E-state index is 0.294. The second kappa shape index (κ2) is 5.03. The van der Waals surface area contributed by atoms with Crippen LogP contribution in [0.1, 0.15) is 36.8 Å². The third-order valence-electron chi connectivity index (χ3n) is 3.13. The summed E-state index contributed by atoms with van der Waals surface area (Å²) < 4.78 is 0. The lowest BCUT2D eigenvalue weighted by Crippen LogP contribution is -2.00. The molecule has 1 aromatic carbocycles. The molecule has 1 atom stereocenters. The lowest BCUT2D eigenvalue weighted by molar-refractivity contribution is 0.211. The molecule has 2 rings (SSSR count). The van der Waals surface area contributed by atoms with Gasteiger partial charge in [0.25, 0.3) is 0 Å². The van der Waals surface area contributed by atoms with E-state index in [4.69, 9.17) is 11.6 Å². The Morgan fingerprint density at radius 1 is 1.31 bits per heavy atom. The van der Waals surface area contributed by atoms with Crippen molar-refractivity contribution in [2.75, 3.05) is 0 Å². The predicted octanol–water partition coefficient (Wildman–Crippen LogP) is 3.97. The van der Waals surface area contributed by atoms with E-state index in [9.17, 15) is 5.11 Å². The van der Waals surface area contributed by atoms with Gasteiger partial charge in [0, 0.05) is 5.02 Å². The molecule has 1 aliphatic rings. The van der Waals surface area contributed by atoms with Crippen molar-refractivity contribution >= 4 is 17.2 Å². The highest BCUT2D eigenvalue weighted by atomic mass is 35.5. The number of aliphatic hydroxyl groups is 1. The van der Waals surface area contributed by atoms with E-state index < -0.39 is 0 Å². The Morgan fingerprint density at radius 3 is 2.88 bits per heavy atom. The largest absolute Gasteiger partial charge is 0.389 e. The zero-order valence-electron chi connectivity index (χ0n) is 9.54. The summed E-state index contributed by atoms with van der Waals surface area (Å²) in [6, 6.07) is 6.13. The summed E-state index contributed by atoms with van der Waals surface area (Å²) in [6.45, 7) is 2.00. The van der Waals surface area contributed by atoms with Gasteiger partial charge >= 0.3 is 0 Å². The van der Waals surface area contributed by atoms with Gasteiger partial charge in [0.05, 0.1) is 6.10 Å². The average molecular weight is 237 g/mol. The minimum Gasteiger partial charge on any atom is -0.389 e. The first-order chi connectivity index (χ1) is 7.66. The fourth-order valence-corrected chi connectivity index (χ4v) is 2.28. The molecule has 1 aromatic rings. The third kappa shape index (κ3) is 2.66. The highest BCUT2D eigenvalue weighted by Crippen LogP contribution is 2.28. The van der Waals surface area contributed by atoms with E-state index >= 15 is 0 Å². The molecule has 0 amide bonds. The molecule has 1 nitrogen and oxygen atoms in total. The van der Waals surface area contributed by atoms with Crippen LogP contribution in [0.2, 0.25) is 5.02 Å². The lowest BCUT2D eigenvalue weighted by atomic mass is 10.00. The fourth-order valence-electron chi connectivity index (χ4n) is 2.10. The summed E-state index contributed by atoms with van der Waals surface area (Å²) >= 11 is 6.12. The molecule has 1 N–H and O–H groups in total. The molecule has 0 aromatic heterocycles. The third-order valence-corrected chi connectivity index (χ3v) is 3.54. The molecule has 1 unspecified atom stereocenters. The van der Waals surface area contributed by atoms with Crippen LogP contribution in [-0.2, 0) is 0 Å². The Balaban J connectivity index is 2.31. The molecule has 0 heterocycles. The van der Waals surface area contributed by atoms with Crippen molar-refractivity contribution in [3.05, 3.63) is 40.4 Å². The van der Waals surface area contributed by atoms with Crippen molar-refractivity contribution in [1.82, 2.24) is 0 Å². The quantitative estimate of drug-likeness (QED) is 0.783. The average Bonchev–Trinajstić information content (AvgIpc) is 2.47. The maximum atomic E-state index is 9.74. The summed E-state index contributed by atoms with van der Waals surface area (Å²) in [7, 11) is 0. The summed E-state index contributed by atoms with van der Waals surface area (Å²) in [4.78, 5) is 0. The smallest absolute Gasteiger partial charge is 0.0726 e. The SMILES string of the molecule is Cc1ccc(C2=CC(O)CCCC2)cc1Cl. The van der Waals surface area contributed by atoms with Crippen LogP contribution in [0, 0.1) is 6.92 Å². The summed E-state index contributed by atoms with van der Waals surface area (Å²) in [5, 5.41) is 10.5. The van der Waals surface area contributed by atoms with E-state index in [1.54, 1.807) is 0 Å². The Kier molecular flexibility index (Phi) is 3.67. The van der Waals surface area contributed by atoms with Crippen LogP contribution < -0.4 is 0 Å². The van der Waals surface area contributed by atoms with E-state index in [1.807, 2.05) is 25.1 Å². The van der Waals surface area contributed by atoms with Crippen LogP contribution in [0.3, 0.4) is 0 Å². The minimum atomic E-state index is -0.294. The Hall–Kier alpha value is -0.790. The molecule has 86 valence electrons. The zero-order valence-corrected chi connectivity index (χ0v) is 10.3. The highest BCUT2D eigenvalue weighted by molar-refractivity contribution is 6.31. The number of hydrogen-bond donors (Lipinski definition) is 1. The first-order valence-electron chi connectivity index (χ1n) is 5.82. The summed E-state index contributed by atoms with van der Waals surface area (Å²) in [5.41, 5.74) is 3.48. The number of halogens is 1. The maximum absolute atomic E-state index is 9.74. The molecule has 0 saturated heterocycles. The van der Waals surface area contributed by atoms with Gasteiger partial charge in [-0.2, -0.15) is 0 Å². The van der Waals surface area contributed by atoms with E-state index in [2.05, 4.69) is 6.07 Å². The van der Waals surface area contributed by atoms with Crippen molar-refractivity contribution < 1.29 is 5.11 Å². The number of aliphatic hydroxyl groups excluding tert-OH is 1. The highest BCUT2D eigenvalue weighted by Gasteiger charge is 2.11. The molecule has 16 heavy (non-hydrogen) atoms. The predicted molar refractivity (Wildman–Crippen MR) is 68.6 cm³/mol. The van der Waals surface area contributed by atoms with Gasteiger partial charge in [-0.15, -0.1) is 0 Å². The summed E-state index contributed by atoms with van der Waals surface area (Å²) in [6.07, 6.45) is 5.85. The molecule has 1 aliphatic carbocycles. The van der Waals surface area contributed by atoms with Gasteiger partial charge in [-0.1, -0.05) is 36.2 Å². The molecule has 0 radical (unpaired) electrons. The van der Waals surface area contributed by atoms with E-state index in [1.165, 1.54) is 5.57 Å². The zero-order chi connectivity index (χ0) is 11.5. The van der Waals surface area contributed by atoms with Crippen LogP contribution in [-0.4, -0.2) is 11.2 Å². The van der Waals surface area contributed by atoms with E-state index in [0.717, 1.165) is 41.8 Å². The van der Waals surface area contributed by atoms with Crippen molar-refractivity contribution in [3.8, 4) is 0 Å². The van der Waals surface area contributed by atoms with Gasteiger partial charge in [0.15, 0.2) is 0 Å². The molecule has 0 spiro atoms. The Labute approximate surface area is 102 Å². The second-order valence-electron chi connectivity index (χ2n) is 4.47. The molecular weight excluding hydrogens is 220 g/mol. The molecular formula is C14H17ClO. The van der Waals surface area contributed by atoms with Crippen LogP contribution in [0.15, 0.2) is 24.3 Å². The van der Waals surface area contributed by atoms with Crippen LogP contribution in [0.25, 0.3) is 5.57 Å². The van der Waals surface area contributed by atoms with Gasteiger partial charge in [0.1, 0.15) is 0 Å². The topological polar surface area (TPSA) is 20.2 Å². The Morgan fingerprint density at radius 2 is 2.12 bits per heavy atom. The van der Waals surface area contributed by atoms with E-state index in [-0.39, 0.29) is 6.10 Å². The van der Waals surface area contributed by atoms with Crippen molar-refractivity contribution in [2.45, 2.75) is 38.7 Å². The number of hydrogen-bond acceptors (Lipinski definition) is 1. The first-order valence-corrected chi connectivity index (χ1v) is 6.20. The van der Waals surface area contributed by atoms with Crippen molar-refractivity contribution in [1.29, 1.82) is 0 Å². The first kappa shape index (κ1) is 11.7. The number of rotatable bonds is 1. The fraction of sp³-hybridized carbons (Fsp3) is 0.429. The van der Waals surface area contributed by atoms with Crippen molar-refractivity contribution in [3.63, 3.8) is 0 Å². The maximum Gasteiger partial charge on any atom is 0.0726 e. The van der Waals surface area contributed by atoms with Crippen LogP contribution in [0.4, 0.5) is 0 Å². The second-order valence-corrected chi connectivity index (χ2v) is 4.88. The van der Waals surface area contributed by atoms with Gasteiger partial charge < -0.3 is 5.11 Å². The standard InChI is InChI=1S/C14H17ClO/c1-10-6-7-12(9-14(10)15)11-4-2-3-5-13(16)8-11/h6-9,13,16H,2-5H2,1H3. The molecule has 0 fully saturated rings. The number of allylic oxidation sites excluding steroid dienone is 1. The van der Waals surface area contributed by atoms with Gasteiger partial charge in [-0.25, -0.2) is 0 Å². The van der Waals surface area contributed by atoms with E-state index in [0.29, 0.717) is 0 Å². The van der Waals surface area contributed by atoms with Gasteiger partial charge in [-0.05, 0) is 49.0 Å². The van der Waals surface area contributed by atoms with Crippen molar-refractivity contribution in [2.24, 2.45) is 0 Å². The number of aryl methyl sites for hydroxylation is 1. The van der Waals surface area contributed by atoms with Crippen LogP contribution >= 0.6 is 11.6 Å². The molecule has 0 saturated carbocycles. The lowest BCUT2D eigenvalue weighted by Gasteiger charge is -2.08. The molecule has 0 aliphatic heterocycles. The molecule has 0 bridgehead atoms. The number of benzene rings is 1. The monoisotopic (exact) mass is 236 g/mol. The normalized spacial score (nSPS) is 21.4. The van der Waals surface area contributed by atoms with Crippen LogP contribution in [0.5, 0.6) is 0 Å².